The molecule has 0 fully saturated rings. The van der Waals surface area contributed by atoms with E-state index >= 15 is 0 Å². The van der Waals surface area contributed by atoms with Crippen LogP contribution in [0.4, 0.5) is 0 Å². The maximum atomic E-state index is 8.87. The Balaban J connectivity index is 2.04. The first-order valence-corrected chi connectivity index (χ1v) is 6.29. The molecule has 0 saturated heterocycles. The largest absolute Gasteiger partial charge is 0.394 e. The van der Waals surface area contributed by atoms with Crippen LogP contribution in [-0.2, 0) is 11.2 Å². The van der Waals surface area contributed by atoms with Crippen molar-refractivity contribution in [1.29, 1.82) is 0 Å². The Hall–Kier alpha value is -1.64. The Morgan fingerprint density at radius 1 is 1.17 bits per heavy atom. The number of hydrogen-bond donors (Lipinski definition) is 1. The zero-order chi connectivity index (χ0) is 12.4. The summed E-state index contributed by atoms with van der Waals surface area (Å²) in [6.07, 6.45) is 5.15. The van der Waals surface area contributed by atoms with Crippen LogP contribution in [-0.4, -0.2) is 18.3 Å². The molecule has 1 N–H and O–H groups in total. The third-order valence-corrected chi connectivity index (χ3v) is 3.35. The van der Waals surface area contributed by atoms with Crippen molar-refractivity contribution >= 4 is 10.8 Å². The van der Waals surface area contributed by atoms with Crippen LogP contribution in [0.1, 0.15) is 17.2 Å². The molecule has 18 heavy (non-hydrogen) atoms. The number of aliphatic hydroxyl groups is 1. The molecule has 0 heterocycles. The number of hydrogen-bond acceptors (Lipinski definition) is 2. The molecule has 0 saturated carbocycles. The summed E-state index contributed by atoms with van der Waals surface area (Å²) < 4.78 is 5.67. The fraction of sp³-hybridized carbons (Fsp3) is 0.250. The van der Waals surface area contributed by atoms with Gasteiger partial charge in [-0.3, -0.25) is 0 Å². The van der Waals surface area contributed by atoms with Gasteiger partial charge in [-0.05, 0) is 34.4 Å². The molecule has 0 bridgehead atoms. The van der Waals surface area contributed by atoms with E-state index in [9.17, 15) is 0 Å². The fourth-order valence-electron chi connectivity index (χ4n) is 2.49. The summed E-state index contributed by atoms with van der Waals surface area (Å²) in [5, 5.41) is 11.4. The average Bonchev–Trinajstić information content (AvgIpc) is 2.43. The zero-order valence-corrected chi connectivity index (χ0v) is 10.2. The maximum Gasteiger partial charge on any atom is 0.101 e. The van der Waals surface area contributed by atoms with Crippen molar-refractivity contribution < 1.29 is 9.84 Å². The van der Waals surface area contributed by atoms with Gasteiger partial charge in [0.15, 0.2) is 0 Å². The summed E-state index contributed by atoms with van der Waals surface area (Å²) in [5.41, 5.74) is 2.55. The van der Waals surface area contributed by atoms with Gasteiger partial charge in [0.2, 0.25) is 0 Å². The van der Waals surface area contributed by atoms with E-state index in [2.05, 4.69) is 48.6 Å². The van der Waals surface area contributed by atoms with Gasteiger partial charge in [0.25, 0.3) is 0 Å². The molecule has 3 rings (SSSR count). The molecule has 92 valence electrons. The van der Waals surface area contributed by atoms with Crippen LogP contribution in [0, 0.1) is 0 Å². The highest BCUT2D eigenvalue weighted by molar-refractivity contribution is 5.84. The lowest BCUT2D eigenvalue weighted by atomic mass is 9.91. The van der Waals surface area contributed by atoms with Gasteiger partial charge in [-0.15, -0.1) is 0 Å². The standard InChI is InChI=1S/C16H16O2/c17-8-9-18-16-7-3-6-14-10-12-4-1-2-5-13(12)11-15(14)16/h1-5,7,10-11,16-17H,6,8-9H2. The maximum absolute atomic E-state index is 8.87. The van der Waals surface area contributed by atoms with Gasteiger partial charge in [-0.1, -0.05) is 42.5 Å². The second-order valence-corrected chi connectivity index (χ2v) is 4.55. The Morgan fingerprint density at radius 2 is 1.94 bits per heavy atom. The van der Waals surface area contributed by atoms with E-state index in [1.54, 1.807) is 0 Å². The van der Waals surface area contributed by atoms with Crippen molar-refractivity contribution in [3.63, 3.8) is 0 Å². The SMILES string of the molecule is OCCOC1C=CCc2cc3ccccc3cc21. The Labute approximate surface area is 107 Å². The first kappa shape index (κ1) is 11.5. The molecule has 1 unspecified atom stereocenters. The van der Waals surface area contributed by atoms with E-state index in [-0.39, 0.29) is 12.7 Å². The van der Waals surface area contributed by atoms with Gasteiger partial charge in [0.1, 0.15) is 6.10 Å². The van der Waals surface area contributed by atoms with Crippen LogP contribution < -0.4 is 0 Å². The lowest BCUT2D eigenvalue weighted by molar-refractivity contribution is 0.0529. The summed E-state index contributed by atoms with van der Waals surface area (Å²) in [4.78, 5) is 0. The monoisotopic (exact) mass is 240 g/mol. The Kier molecular flexibility index (Phi) is 3.13. The lowest BCUT2D eigenvalue weighted by Gasteiger charge is -2.22. The Morgan fingerprint density at radius 3 is 2.72 bits per heavy atom. The minimum Gasteiger partial charge on any atom is -0.394 e. The van der Waals surface area contributed by atoms with Gasteiger partial charge in [-0.25, -0.2) is 0 Å². The second kappa shape index (κ2) is 4.92. The molecule has 2 nitrogen and oxygen atoms in total. The summed E-state index contributed by atoms with van der Waals surface area (Å²) in [6, 6.07) is 12.8. The summed E-state index contributed by atoms with van der Waals surface area (Å²) in [7, 11) is 0. The quantitative estimate of drug-likeness (QED) is 0.836. The first-order chi connectivity index (χ1) is 8.88. The molecular formula is C16H16O2. The van der Waals surface area contributed by atoms with E-state index < -0.39 is 0 Å². The number of rotatable bonds is 3. The molecule has 0 amide bonds. The highest BCUT2D eigenvalue weighted by Crippen LogP contribution is 2.31. The van der Waals surface area contributed by atoms with Crippen molar-refractivity contribution in [1.82, 2.24) is 0 Å². The highest BCUT2D eigenvalue weighted by atomic mass is 16.5. The summed E-state index contributed by atoms with van der Waals surface area (Å²) in [5.74, 6) is 0. The minimum absolute atomic E-state index is 0.0227. The number of fused-ring (bicyclic) bond motifs is 2. The first-order valence-electron chi connectivity index (χ1n) is 6.29. The average molecular weight is 240 g/mol. The molecule has 1 aliphatic rings. The van der Waals surface area contributed by atoms with E-state index in [4.69, 9.17) is 9.84 Å². The van der Waals surface area contributed by atoms with Crippen molar-refractivity contribution in [2.75, 3.05) is 13.2 Å². The number of allylic oxidation sites excluding steroid dienone is 1. The van der Waals surface area contributed by atoms with Crippen LogP contribution in [0.15, 0.2) is 48.6 Å². The molecule has 1 aliphatic carbocycles. The fourth-order valence-corrected chi connectivity index (χ4v) is 2.49. The van der Waals surface area contributed by atoms with Gasteiger partial charge in [0.05, 0.1) is 13.2 Å². The molecule has 0 aliphatic heterocycles. The second-order valence-electron chi connectivity index (χ2n) is 4.55. The van der Waals surface area contributed by atoms with E-state index in [1.165, 1.54) is 21.9 Å². The summed E-state index contributed by atoms with van der Waals surface area (Å²) in [6.45, 7) is 0.439. The Bertz CT molecular complexity index is 587. The van der Waals surface area contributed by atoms with Crippen LogP contribution in [0.2, 0.25) is 0 Å². The van der Waals surface area contributed by atoms with Crippen LogP contribution >= 0.6 is 0 Å². The third kappa shape index (κ3) is 2.05. The van der Waals surface area contributed by atoms with Crippen molar-refractivity contribution in [3.8, 4) is 0 Å². The van der Waals surface area contributed by atoms with Crippen molar-refractivity contribution in [3.05, 3.63) is 59.7 Å². The smallest absolute Gasteiger partial charge is 0.101 e. The predicted octanol–water partition coefficient (Wildman–Crippen LogP) is 3.00. The molecule has 0 aromatic heterocycles. The van der Waals surface area contributed by atoms with Gasteiger partial charge in [-0.2, -0.15) is 0 Å². The third-order valence-electron chi connectivity index (χ3n) is 3.35. The van der Waals surface area contributed by atoms with Gasteiger partial charge < -0.3 is 9.84 Å². The number of benzene rings is 2. The van der Waals surface area contributed by atoms with Crippen LogP contribution in [0.3, 0.4) is 0 Å². The molecule has 0 radical (unpaired) electrons. The number of aliphatic hydroxyl groups excluding tert-OH is 1. The van der Waals surface area contributed by atoms with Gasteiger partial charge in [0, 0.05) is 0 Å². The van der Waals surface area contributed by atoms with Crippen LogP contribution in [0.25, 0.3) is 10.8 Å². The molecule has 1 atom stereocenters. The zero-order valence-electron chi connectivity index (χ0n) is 10.2. The van der Waals surface area contributed by atoms with Crippen molar-refractivity contribution in [2.24, 2.45) is 0 Å². The van der Waals surface area contributed by atoms with E-state index in [1.807, 2.05) is 0 Å². The molecule has 2 aromatic rings. The summed E-state index contributed by atoms with van der Waals surface area (Å²) >= 11 is 0. The molecule has 2 aromatic carbocycles. The van der Waals surface area contributed by atoms with E-state index in [0.29, 0.717) is 6.61 Å². The van der Waals surface area contributed by atoms with Crippen LogP contribution in [0.5, 0.6) is 0 Å². The van der Waals surface area contributed by atoms with Gasteiger partial charge >= 0.3 is 0 Å². The normalized spacial score (nSPS) is 17.9. The lowest BCUT2D eigenvalue weighted by Crippen LogP contribution is -2.11. The highest BCUT2D eigenvalue weighted by Gasteiger charge is 2.17. The predicted molar refractivity (Wildman–Crippen MR) is 72.6 cm³/mol. The van der Waals surface area contributed by atoms with Crippen molar-refractivity contribution in [2.45, 2.75) is 12.5 Å². The topological polar surface area (TPSA) is 29.5 Å². The minimum atomic E-state index is -0.0227. The van der Waals surface area contributed by atoms with E-state index in [0.717, 1.165) is 6.42 Å². The molecule has 2 heteroatoms. The molecular weight excluding hydrogens is 224 g/mol. The number of ether oxygens (including phenoxy) is 1. The molecule has 0 spiro atoms.